The molecular weight excluding hydrogens is 378 g/mol. The normalized spacial score (nSPS) is 27.3. The van der Waals surface area contributed by atoms with Gasteiger partial charge in [0.05, 0.1) is 17.0 Å². The molecule has 0 unspecified atom stereocenters. The molecule has 1 N–H and O–H groups in total. The smallest absolute Gasteiger partial charge is 0.244 e. The van der Waals surface area contributed by atoms with Gasteiger partial charge in [-0.15, -0.1) is 0 Å². The standard InChI is InChI=1S/C16H23N3O5S2/c1-16(6-10-25(21,22)12-16)18-15(20)13-4-8-19(9-5-13)26(23,24)14-3-2-7-17-11-14/h2-3,7,11,13H,4-6,8-10,12H2,1H3,(H,18,20)/t16-/m0/s1. The van der Waals surface area contributed by atoms with Gasteiger partial charge >= 0.3 is 0 Å². The molecule has 0 radical (unpaired) electrons. The van der Waals surface area contributed by atoms with Crippen LogP contribution in [0.15, 0.2) is 29.4 Å². The molecule has 10 heteroatoms. The maximum atomic E-state index is 12.6. The van der Waals surface area contributed by atoms with E-state index in [0.717, 1.165) is 0 Å². The summed E-state index contributed by atoms with van der Waals surface area (Å²) >= 11 is 0. The van der Waals surface area contributed by atoms with E-state index < -0.39 is 25.4 Å². The number of carbonyl (C=O) groups is 1. The lowest BCUT2D eigenvalue weighted by Crippen LogP contribution is -2.51. The quantitative estimate of drug-likeness (QED) is 0.770. The Hall–Kier alpha value is -1.52. The number of hydrogen-bond acceptors (Lipinski definition) is 6. The molecule has 0 bridgehead atoms. The first kappa shape index (κ1) is 19.2. The second-order valence-electron chi connectivity index (χ2n) is 7.26. The molecular formula is C16H23N3O5S2. The molecule has 0 saturated carbocycles. The fraction of sp³-hybridized carbons (Fsp3) is 0.625. The van der Waals surface area contributed by atoms with Crippen LogP contribution >= 0.6 is 0 Å². The number of carbonyl (C=O) groups excluding carboxylic acids is 1. The Morgan fingerprint density at radius 3 is 2.58 bits per heavy atom. The average molecular weight is 402 g/mol. The highest BCUT2D eigenvalue weighted by Crippen LogP contribution is 2.27. The number of nitrogens with one attached hydrogen (secondary N) is 1. The predicted molar refractivity (Wildman–Crippen MR) is 95.5 cm³/mol. The molecule has 2 aliphatic rings. The lowest BCUT2D eigenvalue weighted by molar-refractivity contribution is -0.127. The molecule has 3 heterocycles. The van der Waals surface area contributed by atoms with Crippen LogP contribution in [0.3, 0.4) is 0 Å². The zero-order valence-electron chi connectivity index (χ0n) is 14.6. The van der Waals surface area contributed by atoms with E-state index in [9.17, 15) is 21.6 Å². The first-order chi connectivity index (χ1) is 12.1. The second-order valence-corrected chi connectivity index (χ2v) is 11.4. The molecule has 2 fully saturated rings. The Morgan fingerprint density at radius 1 is 1.35 bits per heavy atom. The molecule has 2 aliphatic heterocycles. The number of sulfone groups is 1. The van der Waals surface area contributed by atoms with Gasteiger partial charge in [0.2, 0.25) is 15.9 Å². The summed E-state index contributed by atoms with van der Waals surface area (Å²) in [4.78, 5) is 16.5. The molecule has 3 rings (SSSR count). The van der Waals surface area contributed by atoms with Crippen molar-refractivity contribution in [3.05, 3.63) is 24.5 Å². The summed E-state index contributed by atoms with van der Waals surface area (Å²) in [5, 5.41) is 2.87. The molecule has 26 heavy (non-hydrogen) atoms. The largest absolute Gasteiger partial charge is 0.350 e. The van der Waals surface area contributed by atoms with Crippen LogP contribution in [0.4, 0.5) is 0 Å². The number of sulfonamides is 1. The number of rotatable bonds is 4. The topological polar surface area (TPSA) is 114 Å². The molecule has 1 amide bonds. The van der Waals surface area contributed by atoms with Gasteiger partial charge in [0.25, 0.3) is 0 Å². The van der Waals surface area contributed by atoms with Crippen LogP contribution in [0.2, 0.25) is 0 Å². The van der Waals surface area contributed by atoms with E-state index in [4.69, 9.17) is 0 Å². The van der Waals surface area contributed by atoms with Gasteiger partial charge in [-0.2, -0.15) is 4.31 Å². The number of aromatic nitrogens is 1. The lowest BCUT2D eigenvalue weighted by Gasteiger charge is -2.33. The number of pyridine rings is 1. The van der Waals surface area contributed by atoms with Crippen LogP contribution in [-0.2, 0) is 24.7 Å². The summed E-state index contributed by atoms with van der Waals surface area (Å²) in [6.07, 6.45) is 4.06. The van der Waals surface area contributed by atoms with E-state index in [2.05, 4.69) is 10.3 Å². The Morgan fingerprint density at radius 2 is 2.04 bits per heavy atom. The second kappa shape index (κ2) is 6.90. The Kier molecular flexibility index (Phi) is 5.11. The summed E-state index contributed by atoms with van der Waals surface area (Å²) in [6, 6.07) is 3.08. The van der Waals surface area contributed by atoms with Crippen molar-refractivity contribution in [1.82, 2.24) is 14.6 Å². The van der Waals surface area contributed by atoms with Gasteiger partial charge < -0.3 is 5.32 Å². The lowest BCUT2D eigenvalue weighted by atomic mass is 9.94. The van der Waals surface area contributed by atoms with Crippen molar-refractivity contribution < 1.29 is 21.6 Å². The van der Waals surface area contributed by atoms with Gasteiger partial charge in [0.15, 0.2) is 9.84 Å². The zero-order valence-corrected chi connectivity index (χ0v) is 16.2. The minimum Gasteiger partial charge on any atom is -0.350 e. The van der Waals surface area contributed by atoms with Crippen LogP contribution in [0.25, 0.3) is 0 Å². The Labute approximate surface area is 154 Å². The maximum Gasteiger partial charge on any atom is 0.244 e. The van der Waals surface area contributed by atoms with E-state index >= 15 is 0 Å². The number of nitrogens with zero attached hydrogens (tertiary/aromatic N) is 2. The number of piperidine rings is 1. The van der Waals surface area contributed by atoms with Gasteiger partial charge in [0.1, 0.15) is 4.90 Å². The minimum atomic E-state index is -3.60. The third kappa shape index (κ3) is 4.07. The van der Waals surface area contributed by atoms with Crippen LogP contribution in [0, 0.1) is 5.92 Å². The first-order valence-corrected chi connectivity index (χ1v) is 11.8. The fourth-order valence-electron chi connectivity index (χ4n) is 3.52. The van der Waals surface area contributed by atoms with Crippen LogP contribution in [-0.4, -0.2) is 62.2 Å². The monoisotopic (exact) mass is 401 g/mol. The van der Waals surface area contributed by atoms with Gasteiger partial charge in [0, 0.05) is 31.4 Å². The SMILES string of the molecule is C[C@]1(NC(=O)C2CCN(S(=O)(=O)c3cccnc3)CC2)CCS(=O)(=O)C1. The highest BCUT2D eigenvalue weighted by atomic mass is 32.2. The van der Waals surface area contributed by atoms with Gasteiger partial charge in [-0.25, -0.2) is 16.8 Å². The minimum absolute atomic E-state index is 0.0417. The summed E-state index contributed by atoms with van der Waals surface area (Å²) in [5.74, 6) is -0.454. The summed E-state index contributed by atoms with van der Waals surface area (Å²) in [5.41, 5.74) is -0.727. The van der Waals surface area contributed by atoms with Crippen LogP contribution in [0.1, 0.15) is 26.2 Å². The summed E-state index contributed by atoms with van der Waals surface area (Å²) in [6.45, 7) is 2.26. The maximum absolute atomic E-state index is 12.6. The number of amides is 1. The van der Waals surface area contributed by atoms with Crippen molar-refractivity contribution in [3.8, 4) is 0 Å². The average Bonchev–Trinajstić information content (AvgIpc) is 2.88. The highest BCUT2D eigenvalue weighted by molar-refractivity contribution is 7.91. The molecule has 1 atom stereocenters. The van der Waals surface area contributed by atoms with Crippen LogP contribution < -0.4 is 5.32 Å². The molecule has 144 valence electrons. The Bertz CT molecular complexity index is 878. The van der Waals surface area contributed by atoms with E-state index in [1.807, 2.05) is 0 Å². The van der Waals surface area contributed by atoms with Crippen LogP contribution in [0.5, 0.6) is 0 Å². The molecule has 2 saturated heterocycles. The summed E-state index contributed by atoms with van der Waals surface area (Å²) in [7, 11) is -6.70. The first-order valence-electron chi connectivity index (χ1n) is 8.54. The van der Waals surface area contributed by atoms with Crippen molar-refractivity contribution in [2.24, 2.45) is 5.92 Å². The molecule has 1 aromatic rings. The van der Waals surface area contributed by atoms with Gasteiger partial charge in [-0.1, -0.05) is 0 Å². The fourth-order valence-corrected chi connectivity index (χ4v) is 7.04. The number of hydrogen-bond donors (Lipinski definition) is 1. The van der Waals surface area contributed by atoms with Crippen molar-refractivity contribution >= 4 is 25.8 Å². The van der Waals surface area contributed by atoms with Crippen molar-refractivity contribution in [3.63, 3.8) is 0 Å². The molecule has 1 aromatic heterocycles. The summed E-state index contributed by atoms with van der Waals surface area (Å²) < 4.78 is 49.9. The Balaban J connectivity index is 1.59. The third-order valence-corrected chi connectivity index (χ3v) is 8.81. The molecule has 0 aromatic carbocycles. The van der Waals surface area contributed by atoms with Crippen molar-refractivity contribution in [2.75, 3.05) is 24.6 Å². The van der Waals surface area contributed by atoms with Crippen molar-refractivity contribution in [2.45, 2.75) is 36.6 Å². The van der Waals surface area contributed by atoms with E-state index in [1.165, 1.54) is 22.8 Å². The van der Waals surface area contributed by atoms with Gasteiger partial charge in [-0.05, 0) is 38.3 Å². The third-order valence-electron chi connectivity index (χ3n) is 5.03. The molecule has 8 nitrogen and oxygen atoms in total. The predicted octanol–water partition coefficient (Wildman–Crippen LogP) is 0.176. The van der Waals surface area contributed by atoms with E-state index in [0.29, 0.717) is 19.3 Å². The van der Waals surface area contributed by atoms with E-state index in [1.54, 1.807) is 13.0 Å². The van der Waals surface area contributed by atoms with E-state index in [-0.39, 0.29) is 41.3 Å². The highest BCUT2D eigenvalue weighted by Gasteiger charge is 2.41. The zero-order chi connectivity index (χ0) is 19.0. The van der Waals surface area contributed by atoms with Gasteiger partial charge in [-0.3, -0.25) is 9.78 Å². The molecule has 0 aliphatic carbocycles. The molecule has 0 spiro atoms. The van der Waals surface area contributed by atoms with Crippen molar-refractivity contribution in [1.29, 1.82) is 0 Å².